The first-order valence-corrected chi connectivity index (χ1v) is 11.0. The van der Waals surface area contributed by atoms with Crippen LogP contribution in [0.1, 0.15) is 29.0 Å². The Morgan fingerprint density at radius 2 is 1.87 bits per heavy atom. The lowest BCUT2D eigenvalue weighted by atomic mass is 10.2. The van der Waals surface area contributed by atoms with E-state index >= 15 is 0 Å². The van der Waals surface area contributed by atoms with E-state index in [4.69, 9.17) is 4.42 Å². The molecular weight excluding hydrogens is 458 g/mol. The molecule has 1 aliphatic carbocycles. The van der Waals surface area contributed by atoms with E-state index in [1.807, 2.05) is 48.3 Å². The van der Waals surface area contributed by atoms with E-state index < -0.39 is 0 Å². The number of furan rings is 1. The Balaban J connectivity index is 1.30. The van der Waals surface area contributed by atoms with Crippen molar-refractivity contribution in [3.05, 3.63) is 76.5 Å². The van der Waals surface area contributed by atoms with Crippen LogP contribution in [0.25, 0.3) is 11.3 Å². The monoisotopic (exact) mass is 481 g/mol. The molecular formula is C24H24BrN3O3. The number of halogens is 1. The molecule has 2 N–H and O–H groups in total. The number of carbonyl (C=O) groups is 2. The molecule has 6 nitrogen and oxygen atoms in total. The fourth-order valence-electron chi connectivity index (χ4n) is 3.23. The molecule has 1 aliphatic rings. The fourth-order valence-corrected chi connectivity index (χ4v) is 3.50. The lowest BCUT2D eigenvalue weighted by molar-refractivity contribution is -0.117. The van der Waals surface area contributed by atoms with E-state index in [-0.39, 0.29) is 18.4 Å². The highest BCUT2D eigenvalue weighted by Gasteiger charge is 2.23. The highest BCUT2D eigenvalue weighted by atomic mass is 79.9. The van der Waals surface area contributed by atoms with Crippen LogP contribution in [0, 0.1) is 0 Å². The number of rotatable bonds is 8. The van der Waals surface area contributed by atoms with Gasteiger partial charge in [-0.3, -0.25) is 14.5 Å². The summed E-state index contributed by atoms with van der Waals surface area (Å²) < 4.78 is 6.94. The van der Waals surface area contributed by atoms with Crippen LogP contribution in [0.4, 0.5) is 5.69 Å². The second kappa shape index (κ2) is 9.49. The number of hydrogen-bond donors (Lipinski definition) is 2. The van der Waals surface area contributed by atoms with Gasteiger partial charge in [-0.2, -0.15) is 0 Å². The van der Waals surface area contributed by atoms with Crippen molar-refractivity contribution in [2.45, 2.75) is 25.4 Å². The lowest BCUT2D eigenvalue weighted by Gasteiger charge is -2.15. The van der Waals surface area contributed by atoms with Crippen molar-refractivity contribution < 1.29 is 14.0 Å². The molecule has 2 amide bonds. The molecule has 0 unspecified atom stereocenters. The molecule has 1 fully saturated rings. The normalized spacial score (nSPS) is 13.3. The molecule has 31 heavy (non-hydrogen) atoms. The molecule has 2 aromatic carbocycles. The van der Waals surface area contributed by atoms with Gasteiger partial charge in [-0.25, -0.2) is 0 Å². The minimum Gasteiger partial charge on any atom is -0.460 e. The van der Waals surface area contributed by atoms with E-state index in [1.165, 1.54) is 0 Å². The van der Waals surface area contributed by atoms with Crippen molar-refractivity contribution in [3.8, 4) is 11.3 Å². The molecule has 0 radical (unpaired) electrons. The van der Waals surface area contributed by atoms with Gasteiger partial charge >= 0.3 is 0 Å². The van der Waals surface area contributed by atoms with Crippen LogP contribution in [0.2, 0.25) is 0 Å². The molecule has 1 saturated carbocycles. The summed E-state index contributed by atoms with van der Waals surface area (Å²) in [6, 6.07) is 19.1. The quantitative estimate of drug-likeness (QED) is 0.490. The predicted octanol–water partition coefficient (Wildman–Crippen LogP) is 4.67. The summed E-state index contributed by atoms with van der Waals surface area (Å²) in [5.41, 5.74) is 2.16. The van der Waals surface area contributed by atoms with Gasteiger partial charge in [0, 0.05) is 27.3 Å². The number of carbonyl (C=O) groups excluding carboxylic acids is 2. The van der Waals surface area contributed by atoms with Gasteiger partial charge in [-0.1, -0.05) is 34.1 Å². The number of nitrogens with one attached hydrogen (secondary N) is 2. The lowest BCUT2D eigenvalue weighted by Crippen LogP contribution is -2.30. The van der Waals surface area contributed by atoms with Gasteiger partial charge in [-0.15, -0.1) is 0 Å². The van der Waals surface area contributed by atoms with Crippen LogP contribution in [0.15, 0.2) is 69.6 Å². The minimum absolute atomic E-state index is 0.102. The summed E-state index contributed by atoms with van der Waals surface area (Å²) >= 11 is 3.43. The Kier molecular flexibility index (Phi) is 6.53. The highest BCUT2D eigenvalue weighted by molar-refractivity contribution is 9.10. The molecule has 7 heteroatoms. The van der Waals surface area contributed by atoms with Crippen molar-refractivity contribution >= 4 is 33.4 Å². The van der Waals surface area contributed by atoms with E-state index in [0.717, 1.165) is 34.4 Å². The summed E-state index contributed by atoms with van der Waals surface area (Å²) in [6.45, 7) is 0.709. The molecule has 0 saturated heterocycles. The fraction of sp³-hybridized carbons (Fsp3) is 0.250. The summed E-state index contributed by atoms with van der Waals surface area (Å²) in [4.78, 5) is 26.5. The van der Waals surface area contributed by atoms with E-state index in [1.54, 1.807) is 24.3 Å². The number of hydrogen-bond acceptors (Lipinski definition) is 4. The van der Waals surface area contributed by atoms with Crippen LogP contribution in [-0.4, -0.2) is 36.3 Å². The van der Waals surface area contributed by atoms with Crippen molar-refractivity contribution in [2.24, 2.45) is 0 Å². The molecule has 0 atom stereocenters. The molecule has 160 valence electrons. The summed E-state index contributed by atoms with van der Waals surface area (Å²) in [5, 5.41) is 5.82. The number of benzene rings is 2. The smallest absolute Gasteiger partial charge is 0.251 e. The highest BCUT2D eigenvalue weighted by Crippen LogP contribution is 2.24. The van der Waals surface area contributed by atoms with E-state index in [2.05, 4.69) is 26.6 Å². The third kappa shape index (κ3) is 6.06. The number of anilines is 1. The Bertz CT molecular complexity index is 1070. The molecule has 0 aliphatic heterocycles. The molecule has 3 aromatic rings. The van der Waals surface area contributed by atoms with Gasteiger partial charge < -0.3 is 15.1 Å². The average Bonchev–Trinajstić information content (AvgIpc) is 3.44. The van der Waals surface area contributed by atoms with E-state index in [9.17, 15) is 9.59 Å². The van der Waals surface area contributed by atoms with Crippen molar-refractivity contribution in [1.82, 2.24) is 10.2 Å². The van der Waals surface area contributed by atoms with Crippen molar-refractivity contribution in [3.63, 3.8) is 0 Å². The van der Waals surface area contributed by atoms with Gasteiger partial charge in [-0.05, 0) is 62.4 Å². The standard InChI is InChI=1S/C24H24BrN3O3/c1-28(14-21-11-12-22(31-21)16-5-7-18(25)8-6-16)15-23(29)26-20-4-2-3-17(13-20)24(30)27-19-9-10-19/h2-8,11-13,19H,9-10,14-15H2,1H3,(H,26,29)(H,27,30). The maximum Gasteiger partial charge on any atom is 0.251 e. The van der Waals surface area contributed by atoms with Gasteiger partial charge in [0.25, 0.3) is 5.91 Å². The second-order valence-corrected chi connectivity index (χ2v) is 8.74. The third-order valence-corrected chi connectivity index (χ3v) is 5.48. The average molecular weight is 482 g/mol. The largest absolute Gasteiger partial charge is 0.460 e. The summed E-state index contributed by atoms with van der Waals surface area (Å²) in [5.74, 6) is 1.32. The number of amides is 2. The predicted molar refractivity (Wildman–Crippen MR) is 124 cm³/mol. The van der Waals surface area contributed by atoms with Crippen molar-refractivity contribution in [1.29, 1.82) is 0 Å². The minimum atomic E-state index is -0.151. The zero-order valence-corrected chi connectivity index (χ0v) is 18.8. The Hall–Kier alpha value is -2.90. The number of likely N-dealkylation sites (N-methyl/N-ethyl adjacent to an activating group) is 1. The maximum atomic E-state index is 12.5. The Morgan fingerprint density at radius 3 is 2.61 bits per heavy atom. The summed E-state index contributed by atoms with van der Waals surface area (Å²) in [6.07, 6.45) is 2.07. The molecule has 4 rings (SSSR count). The Morgan fingerprint density at radius 1 is 1.10 bits per heavy atom. The van der Waals surface area contributed by atoms with Crippen LogP contribution >= 0.6 is 15.9 Å². The Labute approximate surface area is 189 Å². The SMILES string of the molecule is CN(CC(=O)Nc1cccc(C(=O)NC2CC2)c1)Cc1ccc(-c2ccc(Br)cc2)o1. The zero-order valence-electron chi connectivity index (χ0n) is 17.2. The topological polar surface area (TPSA) is 74.6 Å². The molecule has 0 spiro atoms. The number of nitrogens with zero attached hydrogens (tertiary/aromatic N) is 1. The van der Waals surface area contributed by atoms with Crippen LogP contribution in [-0.2, 0) is 11.3 Å². The zero-order chi connectivity index (χ0) is 21.8. The third-order valence-electron chi connectivity index (χ3n) is 4.95. The van der Waals surface area contributed by atoms with Gasteiger partial charge in [0.1, 0.15) is 11.5 Å². The molecule has 1 aromatic heterocycles. The molecule has 1 heterocycles. The van der Waals surface area contributed by atoms with Gasteiger partial charge in [0.15, 0.2) is 0 Å². The summed E-state index contributed by atoms with van der Waals surface area (Å²) in [7, 11) is 1.86. The van der Waals surface area contributed by atoms with Gasteiger partial charge in [0.05, 0.1) is 13.1 Å². The first kappa shape index (κ1) is 21.3. The first-order chi connectivity index (χ1) is 15.0. The van der Waals surface area contributed by atoms with Crippen LogP contribution in [0.5, 0.6) is 0 Å². The first-order valence-electron chi connectivity index (χ1n) is 10.2. The second-order valence-electron chi connectivity index (χ2n) is 7.82. The van der Waals surface area contributed by atoms with Crippen LogP contribution in [0.3, 0.4) is 0 Å². The van der Waals surface area contributed by atoms with Crippen molar-refractivity contribution in [2.75, 3.05) is 18.9 Å². The van der Waals surface area contributed by atoms with E-state index in [0.29, 0.717) is 23.8 Å². The molecule has 0 bridgehead atoms. The maximum absolute atomic E-state index is 12.5. The van der Waals surface area contributed by atoms with Crippen LogP contribution < -0.4 is 10.6 Å². The van der Waals surface area contributed by atoms with Gasteiger partial charge in [0.2, 0.25) is 5.91 Å².